The fourth-order valence-electron chi connectivity index (χ4n) is 0.874. The second-order valence-corrected chi connectivity index (χ2v) is 6.08. The van der Waals surface area contributed by atoms with E-state index in [0.29, 0.717) is 0 Å². The molecule has 0 amide bonds. The largest absolute Gasteiger partial charge is 0.289 e. The predicted molar refractivity (Wildman–Crippen MR) is 66.1 cm³/mol. The van der Waals surface area contributed by atoms with Crippen LogP contribution in [0.25, 0.3) is 0 Å². The first-order valence-corrected chi connectivity index (χ1v) is 5.76. The smallest absolute Gasteiger partial charge is 0.253 e. The predicted octanol–water partition coefficient (Wildman–Crippen LogP) is 5.20. The molecule has 0 heterocycles. The number of hydrogen-bond donors (Lipinski definition) is 0. The Balaban J connectivity index is 3.32. The van der Waals surface area contributed by atoms with E-state index < -0.39 is 9.58 Å². The van der Waals surface area contributed by atoms with Crippen molar-refractivity contribution < 1.29 is 4.79 Å². The van der Waals surface area contributed by atoms with Gasteiger partial charge in [-0.2, -0.15) is 0 Å². The van der Waals surface area contributed by atoms with Crippen LogP contribution in [-0.4, -0.2) is 9.58 Å². The van der Waals surface area contributed by atoms with Crippen LogP contribution in [0.2, 0.25) is 15.1 Å². The van der Waals surface area contributed by atoms with Gasteiger partial charge in [0.25, 0.3) is 3.79 Å². The van der Waals surface area contributed by atoms with E-state index in [9.17, 15) is 4.79 Å². The molecule has 0 fully saturated rings. The fraction of sp³-hybridized carbons (Fsp3) is 0.125. The summed E-state index contributed by atoms with van der Waals surface area (Å²) >= 11 is 33.5. The van der Waals surface area contributed by atoms with E-state index in [0.717, 1.165) is 0 Å². The summed E-state index contributed by atoms with van der Waals surface area (Å²) in [5.41, 5.74) is -0.0193. The minimum Gasteiger partial charge on any atom is -0.289 e. The highest BCUT2D eigenvalue weighted by Gasteiger charge is 2.33. The van der Waals surface area contributed by atoms with Crippen molar-refractivity contribution in [3.63, 3.8) is 0 Å². The molecule has 0 saturated heterocycles. The number of Topliss-reactive ketones (excluding diaryl/α,β-unsaturated/α-hetero) is 1. The first kappa shape index (κ1) is 13.7. The Morgan fingerprint density at radius 1 is 1.07 bits per heavy atom. The average Bonchev–Trinajstić information content (AvgIpc) is 2.08. The molecule has 1 aromatic carbocycles. The van der Waals surface area contributed by atoms with Crippen LogP contribution in [0.5, 0.6) is 0 Å². The molecule has 0 radical (unpaired) electrons. The first-order chi connectivity index (χ1) is 6.73. The number of carbonyl (C=O) groups is 1. The molecule has 0 atom stereocenters. The maximum absolute atomic E-state index is 11.6. The van der Waals surface area contributed by atoms with E-state index in [1.807, 2.05) is 0 Å². The summed E-state index contributed by atoms with van der Waals surface area (Å²) in [5, 5.41) is 0.376. The van der Waals surface area contributed by atoms with E-state index >= 15 is 0 Å². The number of halogens is 6. The van der Waals surface area contributed by atoms with Crippen molar-refractivity contribution >= 4 is 75.4 Å². The Morgan fingerprint density at radius 2 is 1.60 bits per heavy atom. The summed E-state index contributed by atoms with van der Waals surface area (Å²) in [6.07, 6.45) is 0. The Hall–Kier alpha value is 0.630. The molecular formula is C8H2Cl6O. The Morgan fingerprint density at radius 3 is 2.07 bits per heavy atom. The summed E-state index contributed by atoms with van der Waals surface area (Å²) < 4.78 is -2.09. The maximum Gasteiger partial charge on any atom is 0.253 e. The maximum atomic E-state index is 11.6. The summed E-state index contributed by atoms with van der Waals surface area (Å²) in [7, 11) is 0. The van der Waals surface area contributed by atoms with Crippen LogP contribution in [0.3, 0.4) is 0 Å². The normalized spacial score (nSPS) is 11.6. The van der Waals surface area contributed by atoms with Gasteiger partial charge in [0, 0.05) is 10.6 Å². The topological polar surface area (TPSA) is 17.1 Å². The van der Waals surface area contributed by atoms with E-state index in [-0.39, 0.29) is 20.6 Å². The van der Waals surface area contributed by atoms with Crippen LogP contribution in [0.4, 0.5) is 0 Å². The third-order valence-corrected chi connectivity index (χ3v) is 3.03. The number of alkyl halides is 3. The average molecular weight is 327 g/mol. The van der Waals surface area contributed by atoms with Gasteiger partial charge in [0.1, 0.15) is 0 Å². The fourth-order valence-corrected chi connectivity index (χ4v) is 1.87. The van der Waals surface area contributed by atoms with Crippen molar-refractivity contribution in [1.82, 2.24) is 0 Å². The van der Waals surface area contributed by atoms with Gasteiger partial charge in [-0.3, -0.25) is 4.79 Å². The van der Waals surface area contributed by atoms with Crippen molar-refractivity contribution in [3.8, 4) is 0 Å². The molecule has 0 bridgehead atoms. The van der Waals surface area contributed by atoms with Gasteiger partial charge >= 0.3 is 0 Å². The molecule has 0 N–H and O–H groups in total. The zero-order valence-electron chi connectivity index (χ0n) is 6.83. The zero-order valence-corrected chi connectivity index (χ0v) is 11.4. The van der Waals surface area contributed by atoms with Gasteiger partial charge in [0.15, 0.2) is 0 Å². The van der Waals surface area contributed by atoms with Crippen LogP contribution in [-0.2, 0) is 0 Å². The summed E-state index contributed by atoms with van der Waals surface area (Å²) in [6.45, 7) is 0. The molecule has 0 unspecified atom stereocenters. The molecule has 0 aliphatic carbocycles. The lowest BCUT2D eigenvalue weighted by Gasteiger charge is -2.11. The molecule has 1 rings (SSSR count). The van der Waals surface area contributed by atoms with Crippen LogP contribution >= 0.6 is 69.6 Å². The minimum absolute atomic E-state index is 0.0115. The highest BCUT2D eigenvalue weighted by atomic mass is 35.6. The van der Waals surface area contributed by atoms with Gasteiger partial charge in [-0.15, -0.1) is 0 Å². The van der Waals surface area contributed by atoms with Gasteiger partial charge in [-0.05, 0) is 12.1 Å². The molecule has 1 nitrogen and oxygen atoms in total. The molecule has 15 heavy (non-hydrogen) atoms. The summed E-state index contributed by atoms with van der Waals surface area (Å²) in [6, 6.07) is 2.68. The molecule has 7 heteroatoms. The monoisotopic (exact) mass is 324 g/mol. The van der Waals surface area contributed by atoms with E-state index in [1.54, 1.807) is 0 Å². The number of hydrogen-bond acceptors (Lipinski definition) is 1. The van der Waals surface area contributed by atoms with Gasteiger partial charge in [-0.1, -0.05) is 69.6 Å². The molecule has 0 aliphatic rings. The van der Waals surface area contributed by atoms with Crippen LogP contribution in [0.15, 0.2) is 12.1 Å². The van der Waals surface area contributed by atoms with Crippen LogP contribution in [0.1, 0.15) is 10.4 Å². The standard InChI is InChI=1S/C8H2Cl6O/c9-3-1-4(6(11)5(10)2-3)7(15)8(12,13)14/h1-2H. The van der Waals surface area contributed by atoms with Gasteiger partial charge in [0.2, 0.25) is 5.78 Å². The van der Waals surface area contributed by atoms with Gasteiger partial charge in [-0.25, -0.2) is 0 Å². The van der Waals surface area contributed by atoms with E-state index in [1.165, 1.54) is 12.1 Å². The second kappa shape index (κ2) is 4.87. The Bertz CT molecular complexity index is 408. The second-order valence-electron chi connectivity index (χ2n) is 2.58. The van der Waals surface area contributed by atoms with Crippen molar-refractivity contribution in [1.29, 1.82) is 0 Å². The Labute approximate surface area is 116 Å². The van der Waals surface area contributed by atoms with Crippen molar-refractivity contribution in [2.45, 2.75) is 3.79 Å². The summed E-state index contributed by atoms with van der Waals surface area (Å²) in [4.78, 5) is 11.6. The third-order valence-electron chi connectivity index (χ3n) is 1.50. The Kier molecular flexibility index (Phi) is 4.44. The highest BCUT2D eigenvalue weighted by molar-refractivity contribution is 6.77. The van der Waals surface area contributed by atoms with Gasteiger partial charge < -0.3 is 0 Å². The molecule has 0 saturated carbocycles. The third kappa shape index (κ3) is 3.29. The van der Waals surface area contributed by atoms with Crippen LogP contribution < -0.4 is 0 Å². The van der Waals surface area contributed by atoms with Gasteiger partial charge in [0.05, 0.1) is 10.0 Å². The van der Waals surface area contributed by atoms with Crippen molar-refractivity contribution in [2.75, 3.05) is 0 Å². The number of benzene rings is 1. The molecule has 0 aromatic heterocycles. The molecule has 0 aliphatic heterocycles. The quantitative estimate of drug-likeness (QED) is 0.394. The van der Waals surface area contributed by atoms with E-state index in [2.05, 4.69) is 0 Å². The van der Waals surface area contributed by atoms with Crippen molar-refractivity contribution in [3.05, 3.63) is 32.8 Å². The SMILES string of the molecule is O=C(c1cc(Cl)cc(Cl)c1Cl)C(Cl)(Cl)Cl. The molecule has 0 spiro atoms. The molecule has 1 aromatic rings. The number of carbonyl (C=O) groups excluding carboxylic acids is 1. The lowest BCUT2D eigenvalue weighted by atomic mass is 10.1. The zero-order chi connectivity index (χ0) is 11.8. The lowest BCUT2D eigenvalue weighted by molar-refractivity contribution is 0.0996. The van der Waals surface area contributed by atoms with E-state index in [4.69, 9.17) is 69.6 Å². The summed E-state index contributed by atoms with van der Waals surface area (Å²) in [5.74, 6) is -0.776. The van der Waals surface area contributed by atoms with Crippen LogP contribution in [0, 0.1) is 0 Å². The lowest BCUT2D eigenvalue weighted by Crippen LogP contribution is -2.19. The first-order valence-electron chi connectivity index (χ1n) is 3.49. The number of ketones is 1. The highest BCUT2D eigenvalue weighted by Crippen LogP contribution is 2.36. The van der Waals surface area contributed by atoms with Crippen molar-refractivity contribution in [2.24, 2.45) is 0 Å². The molecule has 82 valence electrons. The minimum atomic E-state index is -2.09. The molecular weight excluding hydrogens is 325 g/mol. The number of rotatable bonds is 1.